The lowest BCUT2D eigenvalue weighted by atomic mass is 10.1. The number of benzene rings is 1. The van der Waals surface area contributed by atoms with E-state index in [4.69, 9.17) is 15.2 Å². The van der Waals surface area contributed by atoms with Crippen LogP contribution in [0.3, 0.4) is 0 Å². The first-order valence-corrected chi connectivity index (χ1v) is 5.47. The topological polar surface area (TPSA) is 61.5 Å². The number of hydrogen-bond acceptors (Lipinski definition) is 4. The fourth-order valence-corrected chi connectivity index (χ4v) is 1.37. The van der Waals surface area contributed by atoms with Crippen LogP contribution >= 0.6 is 0 Å². The highest BCUT2D eigenvalue weighted by atomic mass is 16.6. The zero-order chi connectivity index (χ0) is 13.1. The van der Waals surface area contributed by atoms with E-state index in [0.717, 1.165) is 5.56 Å². The van der Waals surface area contributed by atoms with Crippen molar-refractivity contribution in [2.75, 3.05) is 7.11 Å². The van der Waals surface area contributed by atoms with Gasteiger partial charge in [0.25, 0.3) is 0 Å². The van der Waals surface area contributed by atoms with Crippen LogP contribution in [0, 0.1) is 0 Å². The first-order valence-electron chi connectivity index (χ1n) is 5.47. The van der Waals surface area contributed by atoms with Gasteiger partial charge in [0.15, 0.2) is 0 Å². The summed E-state index contributed by atoms with van der Waals surface area (Å²) in [6.07, 6.45) is 0. The van der Waals surface area contributed by atoms with E-state index in [-0.39, 0.29) is 0 Å². The second-order valence-corrected chi connectivity index (χ2v) is 4.74. The van der Waals surface area contributed by atoms with Crippen molar-refractivity contribution in [2.45, 2.75) is 32.9 Å². The standard InChI is InChI=1S/C13H19NO3/c1-13(2,3)17-12(15)10-7-9(8-14)5-6-11(10)16-4/h5-7H,8,14H2,1-4H3. The van der Waals surface area contributed by atoms with Crippen LogP contribution < -0.4 is 10.5 Å². The largest absolute Gasteiger partial charge is 0.496 e. The number of nitrogens with two attached hydrogens (primary N) is 1. The zero-order valence-electron chi connectivity index (χ0n) is 10.7. The maximum absolute atomic E-state index is 12.0. The summed E-state index contributed by atoms with van der Waals surface area (Å²) in [4.78, 5) is 12.0. The van der Waals surface area contributed by atoms with Gasteiger partial charge < -0.3 is 15.2 Å². The van der Waals surface area contributed by atoms with E-state index in [1.807, 2.05) is 26.8 Å². The summed E-state index contributed by atoms with van der Waals surface area (Å²) in [6.45, 7) is 5.85. The van der Waals surface area contributed by atoms with Gasteiger partial charge in [0.05, 0.1) is 7.11 Å². The Morgan fingerprint density at radius 1 is 1.35 bits per heavy atom. The minimum atomic E-state index is -0.527. The second-order valence-electron chi connectivity index (χ2n) is 4.74. The average Bonchev–Trinajstić information content (AvgIpc) is 2.25. The summed E-state index contributed by atoms with van der Waals surface area (Å²) < 4.78 is 10.4. The first-order chi connectivity index (χ1) is 7.87. The van der Waals surface area contributed by atoms with Crippen molar-refractivity contribution in [3.63, 3.8) is 0 Å². The number of carbonyl (C=O) groups is 1. The molecule has 0 aliphatic carbocycles. The van der Waals surface area contributed by atoms with Gasteiger partial charge in [-0.1, -0.05) is 6.07 Å². The van der Waals surface area contributed by atoms with Crippen LogP contribution in [0.5, 0.6) is 5.75 Å². The molecule has 0 aromatic heterocycles. The number of ether oxygens (including phenoxy) is 2. The average molecular weight is 237 g/mol. The van der Waals surface area contributed by atoms with E-state index < -0.39 is 11.6 Å². The van der Waals surface area contributed by atoms with E-state index >= 15 is 0 Å². The molecular weight excluding hydrogens is 218 g/mol. The van der Waals surface area contributed by atoms with Gasteiger partial charge >= 0.3 is 5.97 Å². The quantitative estimate of drug-likeness (QED) is 0.818. The third-order valence-corrected chi connectivity index (χ3v) is 2.12. The predicted molar refractivity (Wildman–Crippen MR) is 66.1 cm³/mol. The van der Waals surface area contributed by atoms with Crippen molar-refractivity contribution in [2.24, 2.45) is 5.73 Å². The molecule has 17 heavy (non-hydrogen) atoms. The summed E-state index contributed by atoms with van der Waals surface area (Å²) in [7, 11) is 1.52. The van der Waals surface area contributed by atoms with Crippen molar-refractivity contribution in [1.29, 1.82) is 0 Å². The molecule has 2 N–H and O–H groups in total. The molecule has 0 fully saturated rings. The Bertz CT molecular complexity index is 408. The summed E-state index contributed by atoms with van der Waals surface area (Å²) in [5.74, 6) is 0.0982. The fraction of sp³-hybridized carbons (Fsp3) is 0.462. The Balaban J connectivity index is 3.05. The van der Waals surface area contributed by atoms with E-state index in [9.17, 15) is 4.79 Å². The van der Waals surface area contributed by atoms with Crippen molar-refractivity contribution < 1.29 is 14.3 Å². The molecule has 0 unspecified atom stereocenters. The lowest BCUT2D eigenvalue weighted by Gasteiger charge is -2.20. The smallest absolute Gasteiger partial charge is 0.342 e. The van der Waals surface area contributed by atoms with E-state index in [0.29, 0.717) is 17.9 Å². The molecule has 0 bridgehead atoms. The molecule has 94 valence electrons. The molecule has 0 aliphatic rings. The third-order valence-electron chi connectivity index (χ3n) is 2.12. The lowest BCUT2D eigenvalue weighted by Crippen LogP contribution is -2.24. The van der Waals surface area contributed by atoms with Gasteiger partial charge in [-0.2, -0.15) is 0 Å². The monoisotopic (exact) mass is 237 g/mol. The molecule has 4 heteroatoms. The van der Waals surface area contributed by atoms with Crippen LogP contribution in [0.4, 0.5) is 0 Å². The van der Waals surface area contributed by atoms with Gasteiger partial charge in [-0.3, -0.25) is 0 Å². The maximum Gasteiger partial charge on any atom is 0.342 e. The van der Waals surface area contributed by atoms with Gasteiger partial charge in [0.1, 0.15) is 16.9 Å². The van der Waals surface area contributed by atoms with Gasteiger partial charge in [-0.25, -0.2) is 4.79 Å². The number of methoxy groups -OCH3 is 1. The number of rotatable bonds is 3. The summed E-state index contributed by atoms with van der Waals surface area (Å²) >= 11 is 0. The summed E-state index contributed by atoms with van der Waals surface area (Å²) in [5.41, 5.74) is 6.29. The normalized spacial score (nSPS) is 11.1. The van der Waals surface area contributed by atoms with Crippen molar-refractivity contribution in [3.05, 3.63) is 29.3 Å². The second kappa shape index (κ2) is 5.19. The summed E-state index contributed by atoms with van der Waals surface area (Å²) in [5, 5.41) is 0. The molecule has 1 rings (SSSR count). The molecule has 0 saturated carbocycles. The maximum atomic E-state index is 12.0. The molecule has 0 radical (unpaired) electrons. The van der Waals surface area contributed by atoms with Gasteiger partial charge in [-0.15, -0.1) is 0 Å². The van der Waals surface area contributed by atoms with Gasteiger partial charge in [0, 0.05) is 6.54 Å². The molecule has 0 aliphatic heterocycles. The molecule has 0 amide bonds. The van der Waals surface area contributed by atoms with Gasteiger partial charge in [0.2, 0.25) is 0 Å². The molecule has 1 aromatic carbocycles. The van der Waals surface area contributed by atoms with Crippen molar-refractivity contribution in [3.8, 4) is 5.75 Å². The minimum Gasteiger partial charge on any atom is -0.496 e. The van der Waals surface area contributed by atoms with Crippen LogP contribution in [0.15, 0.2) is 18.2 Å². The molecule has 0 atom stereocenters. The van der Waals surface area contributed by atoms with Crippen LogP contribution in [-0.2, 0) is 11.3 Å². The Labute approximate surface area is 102 Å². The van der Waals surface area contributed by atoms with Crippen molar-refractivity contribution >= 4 is 5.97 Å². The molecule has 1 aromatic rings. The molecular formula is C13H19NO3. The summed E-state index contributed by atoms with van der Waals surface area (Å²) in [6, 6.07) is 5.25. The van der Waals surface area contributed by atoms with E-state index in [2.05, 4.69) is 0 Å². The van der Waals surface area contributed by atoms with E-state index in [1.54, 1.807) is 12.1 Å². The highest BCUT2D eigenvalue weighted by molar-refractivity contribution is 5.93. The minimum absolute atomic E-state index is 0.375. The van der Waals surface area contributed by atoms with Gasteiger partial charge in [-0.05, 0) is 38.5 Å². The molecule has 0 saturated heterocycles. The number of hydrogen-bond donors (Lipinski definition) is 1. The molecule has 0 heterocycles. The predicted octanol–water partition coefficient (Wildman–Crippen LogP) is 2.11. The highest BCUT2D eigenvalue weighted by Crippen LogP contribution is 2.22. The first kappa shape index (κ1) is 13.5. The zero-order valence-corrected chi connectivity index (χ0v) is 10.7. The Morgan fingerprint density at radius 2 is 2.00 bits per heavy atom. The van der Waals surface area contributed by atoms with Crippen LogP contribution in [0.25, 0.3) is 0 Å². The SMILES string of the molecule is COc1ccc(CN)cc1C(=O)OC(C)(C)C. The van der Waals surface area contributed by atoms with Crippen LogP contribution in [0.1, 0.15) is 36.7 Å². The molecule has 0 spiro atoms. The number of carbonyl (C=O) groups excluding carboxylic acids is 1. The highest BCUT2D eigenvalue weighted by Gasteiger charge is 2.21. The lowest BCUT2D eigenvalue weighted by molar-refractivity contribution is 0.00664. The Morgan fingerprint density at radius 3 is 2.47 bits per heavy atom. The Kier molecular flexibility index (Phi) is 4.12. The van der Waals surface area contributed by atoms with Crippen LogP contribution in [0.2, 0.25) is 0 Å². The fourth-order valence-electron chi connectivity index (χ4n) is 1.37. The number of esters is 1. The van der Waals surface area contributed by atoms with Crippen LogP contribution in [-0.4, -0.2) is 18.7 Å². The van der Waals surface area contributed by atoms with Crippen molar-refractivity contribution in [1.82, 2.24) is 0 Å². The third kappa shape index (κ3) is 3.75. The van der Waals surface area contributed by atoms with E-state index in [1.165, 1.54) is 7.11 Å². The molecule has 4 nitrogen and oxygen atoms in total. The Hall–Kier alpha value is -1.55.